The Hall–Kier alpha value is -1.23. The lowest BCUT2D eigenvalue weighted by molar-refractivity contribution is -0.156. The van der Waals surface area contributed by atoms with Gasteiger partial charge in [0.1, 0.15) is 11.9 Å². The monoisotopic (exact) mass is 412 g/mol. The third-order valence-electron chi connectivity index (χ3n) is 6.80. The van der Waals surface area contributed by atoms with E-state index < -0.39 is 51.0 Å². The fraction of sp³-hybridized carbons (Fsp3) is 0.706. The lowest BCUT2D eigenvalue weighted by Gasteiger charge is -2.54. The quantitative estimate of drug-likeness (QED) is 0.512. The Labute approximate surface area is 163 Å². The molecule has 3 N–H and O–H groups in total. The zero-order valence-electron chi connectivity index (χ0n) is 15.1. The van der Waals surface area contributed by atoms with E-state index in [2.05, 4.69) is 5.32 Å². The molecule has 6 rings (SSSR count). The second-order valence-electron chi connectivity index (χ2n) is 8.50. The third-order valence-corrected chi connectivity index (χ3v) is 10.3. The van der Waals surface area contributed by atoms with E-state index in [1.807, 2.05) is 20.8 Å². The van der Waals surface area contributed by atoms with Gasteiger partial charge in [-0.25, -0.2) is 0 Å². The number of rotatable bonds is 1. The first-order chi connectivity index (χ1) is 12.5. The number of hydrogen-bond acceptors (Lipinski definition) is 8. The molecule has 5 unspecified atom stereocenters. The van der Waals surface area contributed by atoms with E-state index in [1.54, 1.807) is 0 Å². The van der Waals surface area contributed by atoms with Gasteiger partial charge in [0.15, 0.2) is 21.1 Å². The fourth-order valence-corrected chi connectivity index (χ4v) is 8.25. The molecule has 146 valence electrons. The van der Waals surface area contributed by atoms with Crippen molar-refractivity contribution >= 4 is 39.2 Å². The van der Waals surface area contributed by atoms with Gasteiger partial charge in [0.05, 0.1) is 12.6 Å². The normalized spacial score (nSPS) is 46.9. The zero-order chi connectivity index (χ0) is 19.6. The molecule has 2 amide bonds. The van der Waals surface area contributed by atoms with Gasteiger partial charge in [-0.15, -0.1) is 0 Å². The van der Waals surface area contributed by atoms with Crippen LogP contribution in [0.1, 0.15) is 33.6 Å². The molecular weight excluding hydrogens is 392 g/mol. The Balaban J connectivity index is 1.66. The van der Waals surface area contributed by atoms with Gasteiger partial charge in [-0.3, -0.25) is 14.4 Å². The molecule has 0 aromatic rings. The van der Waals surface area contributed by atoms with Crippen LogP contribution in [0.15, 0.2) is 11.3 Å². The summed E-state index contributed by atoms with van der Waals surface area (Å²) in [6, 6.07) is -0.886. The van der Waals surface area contributed by atoms with Gasteiger partial charge >= 0.3 is 0 Å². The van der Waals surface area contributed by atoms with Crippen LogP contribution >= 0.6 is 21.6 Å². The fourth-order valence-electron chi connectivity index (χ4n) is 4.93. The standard InChI is InChI=1S/C17H20N2O6S2/c1-7-14(2,3)10-8(25-7)4-9-15(24,11(10)21)5-17-12(22)18-16(6-20,26-27-17)13(23)19(9)17/h7,9,20,24H,4-6H2,1-3H3,(H,18,22). The number of ether oxygens (including phenoxy) is 1. The van der Waals surface area contributed by atoms with Crippen LogP contribution in [-0.4, -0.2) is 66.8 Å². The molecule has 4 saturated heterocycles. The molecule has 8 nitrogen and oxygen atoms in total. The molecule has 1 spiro atoms. The third kappa shape index (κ3) is 1.75. The van der Waals surface area contributed by atoms with Gasteiger partial charge in [0.2, 0.25) is 0 Å². The number of fused-ring (bicyclic) bond motifs is 3. The van der Waals surface area contributed by atoms with Crippen molar-refractivity contribution < 1.29 is 29.3 Å². The SMILES string of the molecule is CC1OC2=C(C(=O)C3(O)CC45SSC(CO)(NC4=O)C(=O)N5C3C2)C1(C)C. The number of nitrogens with zero attached hydrogens (tertiary/aromatic N) is 1. The molecule has 1 aliphatic carbocycles. The summed E-state index contributed by atoms with van der Waals surface area (Å²) >= 11 is 0. The van der Waals surface area contributed by atoms with Crippen LogP contribution in [0.4, 0.5) is 0 Å². The first-order valence-electron chi connectivity index (χ1n) is 8.85. The lowest BCUT2D eigenvalue weighted by Crippen LogP contribution is -2.77. The second kappa shape index (κ2) is 4.84. The van der Waals surface area contributed by atoms with E-state index in [9.17, 15) is 24.6 Å². The van der Waals surface area contributed by atoms with Crippen LogP contribution in [0, 0.1) is 5.41 Å². The number of aliphatic hydroxyl groups excluding tert-OH is 1. The number of carbonyl (C=O) groups excluding carboxylic acids is 3. The maximum Gasteiger partial charge on any atom is 0.264 e. The Morgan fingerprint density at radius 2 is 2.00 bits per heavy atom. The molecule has 0 aromatic carbocycles. The van der Waals surface area contributed by atoms with Crippen LogP contribution in [-0.2, 0) is 19.1 Å². The molecule has 5 atom stereocenters. The summed E-state index contributed by atoms with van der Waals surface area (Å²) in [6.45, 7) is 5.12. The number of nitrogens with one attached hydrogen (secondary N) is 1. The molecule has 2 bridgehead atoms. The van der Waals surface area contributed by atoms with Crippen LogP contribution in [0.25, 0.3) is 0 Å². The molecule has 6 aliphatic rings. The highest BCUT2D eigenvalue weighted by Gasteiger charge is 2.77. The second-order valence-corrected chi connectivity index (χ2v) is 11.2. The smallest absolute Gasteiger partial charge is 0.264 e. The molecule has 27 heavy (non-hydrogen) atoms. The van der Waals surface area contributed by atoms with Crippen LogP contribution < -0.4 is 5.32 Å². The maximum absolute atomic E-state index is 13.4. The number of carbonyl (C=O) groups is 3. The molecule has 5 heterocycles. The highest BCUT2D eigenvalue weighted by Crippen LogP contribution is 2.65. The number of amides is 2. The van der Waals surface area contributed by atoms with E-state index >= 15 is 0 Å². The van der Waals surface area contributed by atoms with Crippen molar-refractivity contribution in [2.24, 2.45) is 5.41 Å². The van der Waals surface area contributed by atoms with E-state index in [0.717, 1.165) is 21.6 Å². The molecule has 10 heteroatoms. The number of aliphatic hydroxyl groups is 2. The predicted octanol–water partition coefficient (Wildman–Crippen LogP) is -0.100. The summed E-state index contributed by atoms with van der Waals surface area (Å²) in [5.41, 5.74) is -1.95. The Morgan fingerprint density at radius 3 is 2.63 bits per heavy atom. The topological polar surface area (TPSA) is 116 Å². The van der Waals surface area contributed by atoms with Gasteiger partial charge in [0, 0.05) is 23.8 Å². The molecule has 5 aliphatic heterocycles. The van der Waals surface area contributed by atoms with Crippen molar-refractivity contribution in [1.29, 1.82) is 0 Å². The molecule has 4 fully saturated rings. The summed E-state index contributed by atoms with van der Waals surface area (Å²) in [7, 11) is 2.22. The van der Waals surface area contributed by atoms with Crippen LogP contribution in [0.5, 0.6) is 0 Å². The maximum atomic E-state index is 13.4. The zero-order valence-corrected chi connectivity index (χ0v) is 16.7. The summed E-state index contributed by atoms with van der Waals surface area (Å²) in [5, 5.41) is 23.9. The summed E-state index contributed by atoms with van der Waals surface area (Å²) < 4.78 is 5.92. The summed E-state index contributed by atoms with van der Waals surface area (Å²) in [5.74, 6) is -0.894. The molecule has 0 saturated carbocycles. The first-order valence-corrected chi connectivity index (χ1v) is 11.0. The van der Waals surface area contributed by atoms with Crippen molar-refractivity contribution in [2.45, 2.75) is 61.1 Å². The number of Topliss-reactive ketones (excluding diaryl/α,β-unsaturated/α-hetero) is 1. The van der Waals surface area contributed by atoms with Crippen molar-refractivity contribution in [3.05, 3.63) is 11.3 Å². The van der Waals surface area contributed by atoms with E-state index in [0.29, 0.717) is 11.3 Å². The minimum absolute atomic E-state index is 0.165. The van der Waals surface area contributed by atoms with Gasteiger partial charge in [-0.2, -0.15) is 0 Å². The number of piperazine rings is 1. The number of ketones is 1. The number of hydrogen-bond donors (Lipinski definition) is 3. The Bertz CT molecular complexity index is 858. The lowest BCUT2D eigenvalue weighted by atomic mass is 9.69. The van der Waals surface area contributed by atoms with Gasteiger partial charge in [0.25, 0.3) is 11.8 Å². The van der Waals surface area contributed by atoms with Crippen molar-refractivity contribution in [2.75, 3.05) is 6.61 Å². The summed E-state index contributed by atoms with van der Waals surface area (Å²) in [4.78, 5) is 38.0. The Morgan fingerprint density at radius 1 is 1.30 bits per heavy atom. The van der Waals surface area contributed by atoms with Crippen molar-refractivity contribution in [3.63, 3.8) is 0 Å². The molecule has 0 radical (unpaired) electrons. The van der Waals surface area contributed by atoms with E-state index in [1.165, 1.54) is 4.90 Å². The van der Waals surface area contributed by atoms with Gasteiger partial charge < -0.3 is 25.2 Å². The van der Waals surface area contributed by atoms with E-state index in [-0.39, 0.29) is 18.9 Å². The average molecular weight is 412 g/mol. The van der Waals surface area contributed by atoms with Gasteiger partial charge in [-0.1, -0.05) is 35.4 Å². The minimum atomic E-state index is -1.85. The largest absolute Gasteiger partial charge is 0.494 e. The first kappa shape index (κ1) is 17.8. The molecule has 0 aromatic heterocycles. The Kier molecular flexibility index (Phi) is 3.20. The van der Waals surface area contributed by atoms with E-state index in [4.69, 9.17) is 4.74 Å². The summed E-state index contributed by atoms with van der Waals surface area (Å²) in [6.07, 6.45) is -0.214. The van der Waals surface area contributed by atoms with Crippen LogP contribution in [0.2, 0.25) is 0 Å². The predicted molar refractivity (Wildman–Crippen MR) is 97.1 cm³/mol. The minimum Gasteiger partial charge on any atom is -0.494 e. The van der Waals surface area contributed by atoms with Gasteiger partial charge in [-0.05, 0) is 6.92 Å². The average Bonchev–Trinajstić information content (AvgIpc) is 3.00. The van der Waals surface area contributed by atoms with Crippen molar-refractivity contribution in [1.82, 2.24) is 10.2 Å². The van der Waals surface area contributed by atoms with Crippen molar-refractivity contribution in [3.8, 4) is 0 Å². The van der Waals surface area contributed by atoms with Crippen LogP contribution in [0.3, 0.4) is 0 Å². The highest BCUT2D eigenvalue weighted by atomic mass is 33.1. The highest BCUT2D eigenvalue weighted by molar-refractivity contribution is 8.78. The molecular formula is C17H20N2O6S2.